The lowest BCUT2D eigenvalue weighted by Gasteiger charge is -2.15. The molecule has 14 heavy (non-hydrogen) atoms. The highest BCUT2D eigenvalue weighted by molar-refractivity contribution is 6.57. The maximum Gasteiger partial charge on any atom is 0.119 e. The third kappa shape index (κ3) is 3.54. The first-order valence-corrected chi connectivity index (χ1v) is 7.67. The minimum Gasteiger partial charge on any atom is -0.494 e. The van der Waals surface area contributed by atoms with Gasteiger partial charge in [-0.15, -0.1) is 0 Å². The molecule has 0 aliphatic rings. The van der Waals surface area contributed by atoms with Crippen molar-refractivity contribution in [2.45, 2.75) is 32.5 Å². The van der Waals surface area contributed by atoms with Crippen molar-refractivity contribution in [2.24, 2.45) is 0 Å². The quantitative estimate of drug-likeness (QED) is 0.686. The van der Waals surface area contributed by atoms with Gasteiger partial charge in [-0.1, -0.05) is 32.2 Å². The van der Waals surface area contributed by atoms with Crippen molar-refractivity contribution in [3.05, 3.63) is 29.8 Å². The van der Waals surface area contributed by atoms with Gasteiger partial charge in [0, 0.05) is 8.80 Å². The number of aryl methyl sites for hydroxylation is 1. The van der Waals surface area contributed by atoms with Crippen LogP contribution in [0.5, 0.6) is 5.75 Å². The zero-order chi connectivity index (χ0) is 10.6. The van der Waals surface area contributed by atoms with Crippen LogP contribution in [0.15, 0.2) is 24.3 Å². The number of rotatable bonds is 4. The zero-order valence-electron chi connectivity index (χ0n) is 9.50. The fraction of sp³-hybridized carbons (Fsp3) is 0.500. The van der Waals surface area contributed by atoms with Gasteiger partial charge < -0.3 is 4.74 Å². The first kappa shape index (κ1) is 11.3. The van der Waals surface area contributed by atoms with Gasteiger partial charge in [0.1, 0.15) is 5.75 Å². The first-order chi connectivity index (χ1) is 6.59. The van der Waals surface area contributed by atoms with E-state index in [0.717, 1.165) is 12.4 Å². The Kier molecular flexibility index (Phi) is 4.20. The van der Waals surface area contributed by atoms with Crippen LogP contribution in [0.1, 0.15) is 12.5 Å². The molecule has 0 amide bonds. The average molecular weight is 207 g/mol. The van der Waals surface area contributed by atoms with Gasteiger partial charge in [0.05, 0.1) is 6.61 Å². The molecule has 0 spiro atoms. The molecule has 1 nitrogen and oxygen atoms in total. The van der Waals surface area contributed by atoms with E-state index in [2.05, 4.69) is 39.1 Å². The summed E-state index contributed by atoms with van der Waals surface area (Å²) < 4.78 is 5.74. The number of hydrogen-bond donors (Lipinski definition) is 0. The minimum absolute atomic E-state index is 0.217. The molecular weight excluding hydrogens is 188 g/mol. The highest BCUT2D eigenvalue weighted by atomic mass is 28.3. The Morgan fingerprint density at radius 2 is 2.07 bits per heavy atom. The molecule has 0 N–H and O–H groups in total. The van der Waals surface area contributed by atoms with Gasteiger partial charge >= 0.3 is 0 Å². The molecular formula is C12H19OSi. The zero-order valence-corrected chi connectivity index (χ0v) is 10.5. The summed E-state index contributed by atoms with van der Waals surface area (Å²) in [7, 11) is -0.217. The second-order valence-corrected chi connectivity index (χ2v) is 7.25. The lowest BCUT2D eigenvalue weighted by atomic mass is 10.2. The molecule has 0 saturated heterocycles. The fourth-order valence-electron chi connectivity index (χ4n) is 1.09. The maximum atomic E-state index is 5.74. The minimum atomic E-state index is -0.217. The largest absolute Gasteiger partial charge is 0.494 e. The topological polar surface area (TPSA) is 9.23 Å². The molecule has 0 saturated carbocycles. The molecule has 1 radical (unpaired) electrons. The molecule has 2 heteroatoms. The molecule has 0 aliphatic heterocycles. The van der Waals surface area contributed by atoms with Crippen LogP contribution in [0.4, 0.5) is 0 Å². The Labute approximate surface area is 88.7 Å². The summed E-state index contributed by atoms with van der Waals surface area (Å²) in [6.07, 6.45) is 0. The summed E-state index contributed by atoms with van der Waals surface area (Å²) in [4.78, 5) is 0. The second kappa shape index (κ2) is 5.20. The normalized spacial score (nSPS) is 12.9. The monoisotopic (exact) mass is 207 g/mol. The van der Waals surface area contributed by atoms with Crippen LogP contribution in [-0.2, 0) is 0 Å². The van der Waals surface area contributed by atoms with Crippen molar-refractivity contribution in [2.75, 3.05) is 6.61 Å². The number of ether oxygens (including phenoxy) is 1. The van der Waals surface area contributed by atoms with E-state index in [-0.39, 0.29) is 8.80 Å². The Morgan fingerprint density at radius 3 is 2.64 bits per heavy atom. The third-order valence-electron chi connectivity index (χ3n) is 2.48. The molecule has 77 valence electrons. The van der Waals surface area contributed by atoms with Crippen LogP contribution >= 0.6 is 0 Å². The molecule has 0 bridgehead atoms. The molecule has 1 atom stereocenters. The second-order valence-electron chi connectivity index (χ2n) is 4.11. The van der Waals surface area contributed by atoms with E-state index in [9.17, 15) is 0 Å². The van der Waals surface area contributed by atoms with E-state index >= 15 is 0 Å². The standard InChI is InChI=1S/C12H19OSi/c1-10-6-5-7-12(8-10)13-9-11(2)14(3)4/h5-8,11H,9H2,1-4H3. The summed E-state index contributed by atoms with van der Waals surface area (Å²) >= 11 is 0. The van der Waals surface area contributed by atoms with Crippen LogP contribution in [0.2, 0.25) is 18.6 Å². The van der Waals surface area contributed by atoms with Crippen LogP contribution < -0.4 is 4.74 Å². The van der Waals surface area contributed by atoms with E-state index in [0.29, 0.717) is 5.54 Å². The average Bonchev–Trinajstić information content (AvgIpc) is 2.14. The predicted octanol–water partition coefficient (Wildman–Crippen LogP) is 3.52. The van der Waals surface area contributed by atoms with E-state index in [1.165, 1.54) is 5.56 Å². The number of hydrogen-bond acceptors (Lipinski definition) is 1. The molecule has 1 rings (SSSR count). The Hall–Kier alpha value is -0.763. The van der Waals surface area contributed by atoms with Crippen molar-refractivity contribution in [3.63, 3.8) is 0 Å². The van der Waals surface area contributed by atoms with Crippen molar-refractivity contribution in [3.8, 4) is 5.75 Å². The summed E-state index contributed by atoms with van der Waals surface area (Å²) in [6.45, 7) is 9.86. The summed E-state index contributed by atoms with van der Waals surface area (Å²) in [5, 5.41) is 0. The van der Waals surface area contributed by atoms with E-state index in [1.807, 2.05) is 12.1 Å². The fourth-order valence-corrected chi connectivity index (χ4v) is 1.51. The molecule has 0 aromatic heterocycles. The lowest BCUT2D eigenvalue weighted by molar-refractivity contribution is 0.315. The summed E-state index contributed by atoms with van der Waals surface area (Å²) in [5.41, 5.74) is 1.97. The third-order valence-corrected chi connectivity index (χ3v) is 4.61. The predicted molar refractivity (Wildman–Crippen MR) is 63.6 cm³/mol. The van der Waals surface area contributed by atoms with Crippen LogP contribution in [-0.4, -0.2) is 15.4 Å². The van der Waals surface area contributed by atoms with Crippen LogP contribution in [0.25, 0.3) is 0 Å². The van der Waals surface area contributed by atoms with Crippen molar-refractivity contribution >= 4 is 8.80 Å². The van der Waals surface area contributed by atoms with Gasteiger partial charge in [-0.2, -0.15) is 0 Å². The Bertz CT molecular complexity index is 283. The van der Waals surface area contributed by atoms with Crippen molar-refractivity contribution in [1.82, 2.24) is 0 Å². The van der Waals surface area contributed by atoms with Gasteiger partial charge in [0.15, 0.2) is 0 Å². The Balaban J connectivity index is 2.45. The molecule has 0 aliphatic carbocycles. The first-order valence-electron chi connectivity index (χ1n) is 5.09. The number of benzene rings is 1. The SMILES string of the molecule is Cc1cccc(OCC(C)[Si](C)C)c1. The highest BCUT2D eigenvalue weighted by Gasteiger charge is 2.09. The van der Waals surface area contributed by atoms with Gasteiger partial charge in [0.2, 0.25) is 0 Å². The van der Waals surface area contributed by atoms with E-state index in [1.54, 1.807) is 0 Å². The van der Waals surface area contributed by atoms with Gasteiger partial charge in [-0.25, -0.2) is 0 Å². The smallest absolute Gasteiger partial charge is 0.119 e. The molecule has 0 fully saturated rings. The van der Waals surface area contributed by atoms with Crippen LogP contribution in [0, 0.1) is 6.92 Å². The Morgan fingerprint density at radius 1 is 1.36 bits per heavy atom. The summed E-state index contributed by atoms with van der Waals surface area (Å²) in [5.74, 6) is 1.00. The van der Waals surface area contributed by atoms with Crippen molar-refractivity contribution in [1.29, 1.82) is 0 Å². The van der Waals surface area contributed by atoms with Gasteiger partial charge in [0.25, 0.3) is 0 Å². The summed E-state index contributed by atoms with van der Waals surface area (Å²) in [6, 6.07) is 8.24. The maximum absolute atomic E-state index is 5.74. The van der Waals surface area contributed by atoms with Gasteiger partial charge in [-0.3, -0.25) is 0 Å². The molecule has 0 heterocycles. The van der Waals surface area contributed by atoms with E-state index in [4.69, 9.17) is 4.74 Å². The molecule has 1 unspecified atom stereocenters. The highest BCUT2D eigenvalue weighted by Crippen LogP contribution is 2.16. The molecule has 1 aromatic rings. The van der Waals surface area contributed by atoms with Crippen molar-refractivity contribution < 1.29 is 4.74 Å². The lowest BCUT2D eigenvalue weighted by Crippen LogP contribution is -2.16. The van der Waals surface area contributed by atoms with Gasteiger partial charge in [-0.05, 0) is 30.2 Å². The van der Waals surface area contributed by atoms with E-state index < -0.39 is 0 Å². The van der Waals surface area contributed by atoms with Crippen LogP contribution in [0.3, 0.4) is 0 Å². The molecule has 1 aromatic carbocycles.